The fraction of sp³-hybridized carbons (Fsp3) is 0.364. The summed E-state index contributed by atoms with van der Waals surface area (Å²) >= 11 is 0. The van der Waals surface area contributed by atoms with Crippen LogP contribution in [0.2, 0.25) is 0 Å². The second-order valence-corrected chi connectivity index (χ2v) is 7.48. The number of ether oxygens (including phenoxy) is 1. The van der Waals surface area contributed by atoms with Crippen LogP contribution in [0.1, 0.15) is 17.7 Å². The number of hydrogen-bond acceptors (Lipinski definition) is 5. The van der Waals surface area contributed by atoms with E-state index in [0.29, 0.717) is 12.5 Å². The van der Waals surface area contributed by atoms with Gasteiger partial charge < -0.3 is 19.5 Å². The Labute approximate surface area is 166 Å². The monoisotopic (exact) mass is 377 g/mol. The van der Waals surface area contributed by atoms with Crippen molar-refractivity contribution in [2.24, 2.45) is 0 Å². The summed E-state index contributed by atoms with van der Waals surface area (Å²) in [6.45, 7) is 3.60. The molecule has 0 aliphatic carbocycles. The first kappa shape index (κ1) is 18.5. The van der Waals surface area contributed by atoms with E-state index in [1.54, 1.807) is 6.33 Å². The molecule has 0 unspecified atom stereocenters. The summed E-state index contributed by atoms with van der Waals surface area (Å²) in [5.41, 5.74) is 6.13. The van der Waals surface area contributed by atoms with E-state index in [9.17, 15) is 0 Å². The Hall–Kier alpha value is -2.86. The zero-order valence-corrected chi connectivity index (χ0v) is 16.6. The normalized spacial score (nSPS) is 13.2. The number of nitrogens with zero attached hydrogens (tertiary/aromatic N) is 4. The van der Waals surface area contributed by atoms with Crippen LogP contribution in [0.25, 0.3) is 11.1 Å². The van der Waals surface area contributed by atoms with Gasteiger partial charge in [0.05, 0.1) is 25.2 Å². The Kier molecular flexibility index (Phi) is 5.58. The van der Waals surface area contributed by atoms with Crippen molar-refractivity contribution in [1.82, 2.24) is 19.9 Å². The molecule has 28 heavy (non-hydrogen) atoms. The van der Waals surface area contributed by atoms with Crippen LogP contribution >= 0.6 is 0 Å². The first-order valence-electron chi connectivity index (χ1n) is 9.78. The lowest BCUT2D eigenvalue weighted by Crippen LogP contribution is -2.19. The number of fused-ring (bicyclic) bond motifs is 1. The van der Waals surface area contributed by atoms with Crippen molar-refractivity contribution in [3.8, 4) is 17.0 Å². The molecule has 0 fully saturated rings. The topological polar surface area (TPSA) is 57.3 Å². The van der Waals surface area contributed by atoms with E-state index in [1.165, 1.54) is 16.8 Å². The highest BCUT2D eigenvalue weighted by Gasteiger charge is 2.20. The van der Waals surface area contributed by atoms with Gasteiger partial charge in [-0.25, -0.2) is 9.97 Å². The summed E-state index contributed by atoms with van der Waals surface area (Å²) in [5, 5.41) is 0. The summed E-state index contributed by atoms with van der Waals surface area (Å²) in [6.07, 6.45) is 7.61. The number of hydrogen-bond donors (Lipinski definition) is 1. The molecule has 3 aromatic rings. The summed E-state index contributed by atoms with van der Waals surface area (Å²) in [5.74, 6) is 0.685. The van der Waals surface area contributed by atoms with Crippen molar-refractivity contribution in [1.29, 1.82) is 0 Å². The number of nitrogens with one attached hydrogen (secondary N) is 1. The first-order chi connectivity index (χ1) is 13.7. The van der Waals surface area contributed by atoms with Crippen LogP contribution in [0.3, 0.4) is 0 Å². The van der Waals surface area contributed by atoms with Crippen molar-refractivity contribution in [3.05, 3.63) is 60.3 Å². The van der Waals surface area contributed by atoms with Gasteiger partial charge in [-0.15, -0.1) is 0 Å². The molecule has 1 aromatic carbocycles. The quantitative estimate of drug-likeness (QED) is 0.610. The predicted octanol–water partition coefficient (Wildman–Crippen LogP) is 3.36. The molecule has 0 bridgehead atoms. The standard InChI is InChI=1S/C22H27N5O/c1-26(2)9-3-11-28-22-7-6-19(13-24-22)18-5-4-17-8-10-27(21(17)12-18)15-20-14-23-16-25-20/h4-7,12-14,16H,3,8-11,15H2,1-2H3,(H,23,25). The zero-order chi connectivity index (χ0) is 19.3. The maximum Gasteiger partial charge on any atom is 0.213 e. The number of rotatable bonds is 8. The number of aromatic amines is 1. The van der Waals surface area contributed by atoms with Gasteiger partial charge in [0.2, 0.25) is 5.88 Å². The minimum absolute atomic E-state index is 0.685. The Morgan fingerprint density at radius 2 is 2.04 bits per heavy atom. The average molecular weight is 377 g/mol. The van der Waals surface area contributed by atoms with Crippen molar-refractivity contribution >= 4 is 5.69 Å². The molecule has 0 spiro atoms. The third-order valence-corrected chi connectivity index (χ3v) is 5.06. The fourth-order valence-corrected chi connectivity index (χ4v) is 3.56. The number of imidazole rings is 1. The third kappa shape index (κ3) is 4.34. The number of H-pyrrole nitrogens is 1. The van der Waals surface area contributed by atoms with Crippen molar-refractivity contribution in [2.75, 3.05) is 38.7 Å². The van der Waals surface area contributed by atoms with Gasteiger partial charge in [0.25, 0.3) is 0 Å². The lowest BCUT2D eigenvalue weighted by atomic mass is 10.0. The third-order valence-electron chi connectivity index (χ3n) is 5.06. The van der Waals surface area contributed by atoms with Gasteiger partial charge in [-0.1, -0.05) is 12.1 Å². The Morgan fingerprint density at radius 1 is 1.14 bits per heavy atom. The Morgan fingerprint density at radius 3 is 2.79 bits per heavy atom. The lowest BCUT2D eigenvalue weighted by molar-refractivity contribution is 0.273. The molecule has 2 aromatic heterocycles. The van der Waals surface area contributed by atoms with Gasteiger partial charge in [-0.05, 0) is 50.2 Å². The molecule has 3 heterocycles. The van der Waals surface area contributed by atoms with Gasteiger partial charge in [0, 0.05) is 42.8 Å². The second-order valence-electron chi connectivity index (χ2n) is 7.48. The van der Waals surface area contributed by atoms with E-state index in [4.69, 9.17) is 4.74 Å². The second kappa shape index (κ2) is 8.44. The summed E-state index contributed by atoms with van der Waals surface area (Å²) < 4.78 is 5.74. The average Bonchev–Trinajstić information content (AvgIpc) is 3.36. The van der Waals surface area contributed by atoms with E-state index in [0.717, 1.165) is 43.7 Å². The molecule has 1 N–H and O–H groups in total. The SMILES string of the molecule is CN(C)CCCOc1ccc(-c2ccc3c(c2)N(Cc2cnc[nH]2)CC3)cn1. The van der Waals surface area contributed by atoms with Crippen LogP contribution in [0.5, 0.6) is 5.88 Å². The van der Waals surface area contributed by atoms with Gasteiger partial charge in [-0.2, -0.15) is 0 Å². The van der Waals surface area contributed by atoms with Crippen LogP contribution in [-0.2, 0) is 13.0 Å². The summed E-state index contributed by atoms with van der Waals surface area (Å²) in [7, 11) is 4.14. The van der Waals surface area contributed by atoms with E-state index >= 15 is 0 Å². The minimum Gasteiger partial charge on any atom is -0.478 e. The number of aromatic nitrogens is 3. The van der Waals surface area contributed by atoms with E-state index in [2.05, 4.69) is 63.1 Å². The zero-order valence-electron chi connectivity index (χ0n) is 16.6. The molecule has 6 heteroatoms. The molecule has 146 valence electrons. The van der Waals surface area contributed by atoms with Gasteiger partial charge >= 0.3 is 0 Å². The smallest absolute Gasteiger partial charge is 0.213 e. The van der Waals surface area contributed by atoms with Crippen LogP contribution in [0.4, 0.5) is 5.69 Å². The van der Waals surface area contributed by atoms with Crippen molar-refractivity contribution < 1.29 is 4.74 Å². The van der Waals surface area contributed by atoms with Crippen LogP contribution in [0.15, 0.2) is 49.1 Å². The van der Waals surface area contributed by atoms with E-state index in [1.807, 2.05) is 18.5 Å². The number of anilines is 1. The molecular formula is C22H27N5O. The van der Waals surface area contributed by atoms with Gasteiger partial charge in [0.1, 0.15) is 0 Å². The molecule has 6 nitrogen and oxygen atoms in total. The summed E-state index contributed by atoms with van der Waals surface area (Å²) in [4.78, 5) is 16.4. The maximum atomic E-state index is 5.74. The molecule has 1 aliphatic rings. The molecular weight excluding hydrogens is 350 g/mol. The predicted molar refractivity (Wildman–Crippen MR) is 112 cm³/mol. The molecule has 0 radical (unpaired) electrons. The van der Waals surface area contributed by atoms with Crippen LogP contribution in [-0.4, -0.2) is 53.6 Å². The van der Waals surface area contributed by atoms with Crippen LogP contribution < -0.4 is 9.64 Å². The van der Waals surface area contributed by atoms with Crippen LogP contribution in [0, 0.1) is 0 Å². The number of pyridine rings is 1. The van der Waals surface area contributed by atoms with Crippen molar-refractivity contribution in [3.63, 3.8) is 0 Å². The Bertz CT molecular complexity index is 890. The highest BCUT2D eigenvalue weighted by molar-refractivity contribution is 5.71. The highest BCUT2D eigenvalue weighted by Crippen LogP contribution is 2.33. The van der Waals surface area contributed by atoms with Gasteiger partial charge in [0.15, 0.2) is 0 Å². The number of benzene rings is 1. The first-order valence-corrected chi connectivity index (χ1v) is 9.78. The molecule has 0 atom stereocenters. The fourth-order valence-electron chi connectivity index (χ4n) is 3.56. The van der Waals surface area contributed by atoms with Gasteiger partial charge in [-0.3, -0.25) is 0 Å². The Balaban J connectivity index is 1.43. The van der Waals surface area contributed by atoms with E-state index < -0.39 is 0 Å². The summed E-state index contributed by atoms with van der Waals surface area (Å²) in [6, 6.07) is 10.7. The van der Waals surface area contributed by atoms with Crippen molar-refractivity contribution in [2.45, 2.75) is 19.4 Å². The molecule has 0 amide bonds. The molecule has 4 rings (SSSR count). The maximum absolute atomic E-state index is 5.74. The lowest BCUT2D eigenvalue weighted by Gasteiger charge is -2.19. The highest BCUT2D eigenvalue weighted by atomic mass is 16.5. The van der Waals surface area contributed by atoms with E-state index in [-0.39, 0.29) is 0 Å². The molecule has 1 aliphatic heterocycles. The largest absolute Gasteiger partial charge is 0.478 e. The molecule has 0 saturated heterocycles. The minimum atomic E-state index is 0.685. The molecule has 0 saturated carbocycles.